The zero-order valence-electron chi connectivity index (χ0n) is 25.6. The molecule has 0 unspecified atom stereocenters. The van der Waals surface area contributed by atoms with Gasteiger partial charge < -0.3 is 39.4 Å². The first-order valence-corrected chi connectivity index (χ1v) is 14.9. The maximum absolute atomic E-state index is 12.4. The fraction of sp³-hybridized carbons (Fsp3) is 0.281. The van der Waals surface area contributed by atoms with Gasteiger partial charge in [-0.3, -0.25) is 5.43 Å². The number of halogens is 2. The molecule has 2 amide bonds. The van der Waals surface area contributed by atoms with E-state index in [9.17, 15) is 14.7 Å². The van der Waals surface area contributed by atoms with Crippen LogP contribution < -0.4 is 35.0 Å². The minimum absolute atomic E-state index is 0.170. The molecule has 2 atom stereocenters. The Morgan fingerprint density at radius 2 is 1.78 bits per heavy atom. The van der Waals surface area contributed by atoms with Gasteiger partial charge in [0.1, 0.15) is 13.2 Å². The quantitative estimate of drug-likeness (QED) is 0.0794. The molecular formula is C32H34Cl2N4O8. The average Bonchev–Trinajstić information content (AvgIpc) is 3.03. The maximum Gasteiger partial charge on any atom is 0.337 e. The summed E-state index contributed by atoms with van der Waals surface area (Å²) in [5.74, 6) is 1.12. The normalized spacial score (nSPS) is 15.1. The molecule has 1 aliphatic heterocycles. The number of hydrogen-bond donors (Lipinski definition) is 4. The SMILES string of the molecule is CCOc1cc([C@H]2NC(=O)NC(C)=C2C(=O)OC)ccc1OC[C@@H](O)N/N=C\c1ccc(OCc2ccc(Cl)cc2Cl)c(OC)c1. The van der Waals surface area contributed by atoms with Crippen molar-refractivity contribution in [3.63, 3.8) is 0 Å². The van der Waals surface area contributed by atoms with Gasteiger partial charge in [-0.05, 0) is 67.4 Å². The highest BCUT2D eigenvalue weighted by molar-refractivity contribution is 6.35. The highest BCUT2D eigenvalue weighted by atomic mass is 35.5. The van der Waals surface area contributed by atoms with Crippen LogP contribution in [0.15, 0.2) is 71.0 Å². The second kappa shape index (κ2) is 16.1. The predicted octanol–water partition coefficient (Wildman–Crippen LogP) is 5.10. The number of benzene rings is 3. The van der Waals surface area contributed by atoms with Gasteiger partial charge in [-0.1, -0.05) is 35.3 Å². The number of hydrogen-bond acceptors (Lipinski definition) is 10. The van der Waals surface area contributed by atoms with E-state index in [0.29, 0.717) is 56.5 Å². The molecule has 4 rings (SSSR count). The summed E-state index contributed by atoms with van der Waals surface area (Å²) in [4.78, 5) is 24.6. The molecule has 0 aliphatic carbocycles. The number of hydrazone groups is 1. The summed E-state index contributed by atoms with van der Waals surface area (Å²) >= 11 is 12.2. The van der Waals surface area contributed by atoms with Crippen molar-refractivity contribution in [3.05, 3.63) is 92.6 Å². The third-order valence-electron chi connectivity index (χ3n) is 6.70. The van der Waals surface area contributed by atoms with Gasteiger partial charge in [0.15, 0.2) is 29.2 Å². The lowest BCUT2D eigenvalue weighted by molar-refractivity contribution is -0.136. The van der Waals surface area contributed by atoms with Crippen LogP contribution in [-0.4, -0.2) is 57.0 Å². The van der Waals surface area contributed by atoms with Crippen LogP contribution >= 0.6 is 23.2 Å². The van der Waals surface area contributed by atoms with Gasteiger partial charge >= 0.3 is 12.0 Å². The van der Waals surface area contributed by atoms with Crippen LogP contribution in [0.1, 0.15) is 36.6 Å². The molecule has 0 fully saturated rings. The minimum Gasteiger partial charge on any atom is -0.493 e. The number of nitrogens with one attached hydrogen (secondary N) is 3. The van der Waals surface area contributed by atoms with E-state index in [-0.39, 0.29) is 18.8 Å². The lowest BCUT2D eigenvalue weighted by Gasteiger charge is -2.28. The molecule has 3 aromatic rings. The van der Waals surface area contributed by atoms with Crippen LogP contribution in [0.5, 0.6) is 23.0 Å². The van der Waals surface area contributed by atoms with Gasteiger partial charge in [-0.25, -0.2) is 9.59 Å². The zero-order valence-corrected chi connectivity index (χ0v) is 27.1. The number of carbonyl (C=O) groups is 2. The highest BCUT2D eigenvalue weighted by Gasteiger charge is 2.32. The maximum atomic E-state index is 12.4. The molecular weight excluding hydrogens is 639 g/mol. The highest BCUT2D eigenvalue weighted by Crippen LogP contribution is 2.35. The van der Waals surface area contributed by atoms with E-state index in [0.717, 1.165) is 5.56 Å². The summed E-state index contributed by atoms with van der Waals surface area (Å²) in [5, 5.41) is 20.9. The van der Waals surface area contributed by atoms with Crippen molar-refractivity contribution in [2.45, 2.75) is 32.7 Å². The summed E-state index contributed by atoms with van der Waals surface area (Å²) < 4.78 is 27.8. The molecule has 0 radical (unpaired) electrons. The van der Waals surface area contributed by atoms with Gasteiger partial charge in [0.2, 0.25) is 0 Å². The van der Waals surface area contributed by atoms with Gasteiger partial charge in [0.05, 0.1) is 38.7 Å². The van der Waals surface area contributed by atoms with Crippen molar-refractivity contribution in [3.8, 4) is 23.0 Å². The Balaban J connectivity index is 1.36. The number of aliphatic hydroxyl groups is 1. The molecule has 12 nitrogen and oxygen atoms in total. The third-order valence-corrected chi connectivity index (χ3v) is 7.28. The smallest absolute Gasteiger partial charge is 0.337 e. The predicted molar refractivity (Wildman–Crippen MR) is 173 cm³/mol. The molecule has 4 N–H and O–H groups in total. The standard InChI is InChI=1S/C32H34Cl2N4O8/c1-5-44-27-13-20(30-29(31(40)43-4)18(2)36-32(41)37-30)8-11-25(27)46-17-28(39)38-35-15-19-6-10-24(26(12-19)42-3)45-16-21-7-9-22(33)14-23(21)34/h6-15,28,30,38-39H,5,16-17H2,1-4H3,(H2,36,37,41)/b35-15-/t28-,30-/m1/s1. The first-order valence-electron chi connectivity index (χ1n) is 14.1. The first kappa shape index (κ1) is 34.2. The Hall–Kier alpha value is -4.65. The molecule has 0 bridgehead atoms. The minimum atomic E-state index is -1.17. The number of carbonyl (C=O) groups excluding carboxylic acids is 2. The number of amides is 2. The molecule has 1 heterocycles. The van der Waals surface area contributed by atoms with Crippen LogP contribution in [-0.2, 0) is 16.1 Å². The van der Waals surface area contributed by atoms with Crippen LogP contribution in [0, 0.1) is 0 Å². The number of urea groups is 1. The van der Waals surface area contributed by atoms with E-state index >= 15 is 0 Å². The Kier molecular flexibility index (Phi) is 12.0. The van der Waals surface area contributed by atoms with Crippen LogP contribution in [0.3, 0.4) is 0 Å². The second-order valence-corrected chi connectivity index (χ2v) is 10.7. The van der Waals surface area contributed by atoms with Gasteiger partial charge in [0, 0.05) is 21.3 Å². The number of allylic oxidation sites excluding steroid dienone is 1. The summed E-state index contributed by atoms with van der Waals surface area (Å²) in [5.41, 5.74) is 5.30. The molecule has 0 aromatic heterocycles. The van der Waals surface area contributed by atoms with E-state index in [4.69, 9.17) is 46.9 Å². The topological polar surface area (TPSA) is 149 Å². The summed E-state index contributed by atoms with van der Waals surface area (Å²) in [6.07, 6.45) is 0.340. The molecule has 0 saturated carbocycles. The Morgan fingerprint density at radius 1 is 1.02 bits per heavy atom. The van der Waals surface area contributed by atoms with Crippen molar-refractivity contribution < 1.29 is 38.4 Å². The second-order valence-electron chi connectivity index (χ2n) is 9.85. The van der Waals surface area contributed by atoms with Crippen LogP contribution in [0.2, 0.25) is 10.0 Å². The lowest BCUT2D eigenvalue weighted by atomic mass is 9.95. The van der Waals surface area contributed by atoms with E-state index in [2.05, 4.69) is 21.2 Å². The molecule has 14 heteroatoms. The molecule has 1 aliphatic rings. The molecule has 244 valence electrons. The fourth-order valence-corrected chi connectivity index (χ4v) is 4.96. The monoisotopic (exact) mass is 672 g/mol. The van der Waals surface area contributed by atoms with Crippen molar-refractivity contribution in [2.24, 2.45) is 5.10 Å². The average molecular weight is 674 g/mol. The Morgan fingerprint density at radius 3 is 2.50 bits per heavy atom. The largest absolute Gasteiger partial charge is 0.493 e. The summed E-state index contributed by atoms with van der Waals surface area (Å²) in [6.45, 7) is 3.81. The Bertz CT molecular complexity index is 1630. The van der Waals surface area contributed by atoms with E-state index < -0.39 is 24.3 Å². The van der Waals surface area contributed by atoms with E-state index in [1.807, 2.05) is 0 Å². The van der Waals surface area contributed by atoms with Crippen molar-refractivity contribution in [1.29, 1.82) is 0 Å². The third kappa shape index (κ3) is 8.75. The number of methoxy groups -OCH3 is 2. The number of ether oxygens (including phenoxy) is 5. The first-order chi connectivity index (χ1) is 22.1. The molecule has 46 heavy (non-hydrogen) atoms. The Labute approximate surface area is 276 Å². The summed E-state index contributed by atoms with van der Waals surface area (Å²) in [7, 11) is 2.80. The van der Waals surface area contributed by atoms with Gasteiger partial charge in [-0.15, -0.1) is 0 Å². The lowest BCUT2D eigenvalue weighted by Crippen LogP contribution is -2.45. The molecule has 0 spiro atoms. The van der Waals surface area contributed by atoms with E-state index in [1.54, 1.807) is 68.4 Å². The van der Waals surface area contributed by atoms with E-state index in [1.165, 1.54) is 20.4 Å². The molecule has 0 saturated heterocycles. The van der Waals surface area contributed by atoms with Crippen molar-refractivity contribution >= 4 is 41.4 Å². The molecule has 3 aromatic carbocycles. The number of nitrogens with zero attached hydrogens (tertiary/aromatic N) is 1. The van der Waals surface area contributed by atoms with Crippen LogP contribution in [0.4, 0.5) is 4.79 Å². The van der Waals surface area contributed by atoms with Crippen LogP contribution in [0.25, 0.3) is 0 Å². The summed E-state index contributed by atoms with van der Waals surface area (Å²) in [6, 6.07) is 14.2. The number of aliphatic hydroxyl groups excluding tert-OH is 1. The number of rotatable bonds is 14. The van der Waals surface area contributed by atoms with Crippen molar-refractivity contribution in [1.82, 2.24) is 16.1 Å². The van der Waals surface area contributed by atoms with Gasteiger partial charge in [-0.2, -0.15) is 5.10 Å². The number of esters is 1. The fourth-order valence-electron chi connectivity index (χ4n) is 4.50. The van der Waals surface area contributed by atoms with Crippen molar-refractivity contribution in [2.75, 3.05) is 27.4 Å². The zero-order chi connectivity index (χ0) is 33.2. The van der Waals surface area contributed by atoms with Gasteiger partial charge in [0.25, 0.3) is 0 Å².